The van der Waals surface area contributed by atoms with Crippen LogP contribution in [-0.4, -0.2) is 15.3 Å². The molecule has 0 spiro atoms. The predicted octanol–water partition coefficient (Wildman–Crippen LogP) is 3.20. The van der Waals surface area contributed by atoms with E-state index in [1.54, 1.807) is 18.3 Å². The SMILES string of the molecule is Cn1ccnc1CC(=O)c1cc2cc(F)ccc2s1. The third-order valence-corrected chi connectivity index (χ3v) is 4.15. The Morgan fingerprint density at radius 2 is 2.26 bits per heavy atom. The number of aryl methyl sites for hydroxylation is 1. The standard InChI is InChI=1S/C14H11FN2OS/c1-17-5-4-16-14(17)8-11(18)13-7-9-6-10(15)2-3-12(9)19-13/h2-7H,8H2,1H3. The van der Waals surface area contributed by atoms with Crippen LogP contribution in [0.2, 0.25) is 0 Å². The molecule has 0 saturated heterocycles. The number of Topliss-reactive ketones (excluding diaryl/α,β-unsaturated/α-hetero) is 1. The van der Waals surface area contributed by atoms with Crippen LogP contribution in [0, 0.1) is 5.82 Å². The van der Waals surface area contributed by atoms with Crippen LogP contribution >= 0.6 is 11.3 Å². The van der Waals surface area contributed by atoms with Crippen molar-refractivity contribution in [3.63, 3.8) is 0 Å². The summed E-state index contributed by atoms with van der Waals surface area (Å²) in [7, 11) is 1.86. The second-order valence-corrected chi connectivity index (χ2v) is 5.43. The molecule has 5 heteroatoms. The highest BCUT2D eigenvalue weighted by molar-refractivity contribution is 7.20. The Labute approximate surface area is 113 Å². The second kappa shape index (κ2) is 4.59. The number of ketones is 1. The molecule has 3 rings (SSSR count). The van der Waals surface area contributed by atoms with Gasteiger partial charge in [0.1, 0.15) is 11.6 Å². The van der Waals surface area contributed by atoms with Crippen molar-refractivity contribution in [2.24, 2.45) is 7.05 Å². The van der Waals surface area contributed by atoms with Crippen molar-refractivity contribution in [2.45, 2.75) is 6.42 Å². The topological polar surface area (TPSA) is 34.9 Å². The second-order valence-electron chi connectivity index (χ2n) is 4.35. The Morgan fingerprint density at radius 1 is 1.42 bits per heavy atom. The van der Waals surface area contributed by atoms with Gasteiger partial charge in [-0.25, -0.2) is 9.37 Å². The average molecular weight is 274 g/mol. The van der Waals surface area contributed by atoms with Crippen LogP contribution in [0.4, 0.5) is 4.39 Å². The zero-order valence-corrected chi connectivity index (χ0v) is 11.1. The molecule has 3 nitrogen and oxygen atoms in total. The number of halogens is 1. The first-order valence-electron chi connectivity index (χ1n) is 5.82. The number of hydrogen-bond acceptors (Lipinski definition) is 3. The Bertz CT molecular complexity index is 760. The van der Waals surface area contributed by atoms with E-state index < -0.39 is 0 Å². The summed E-state index contributed by atoms with van der Waals surface area (Å²) in [6, 6.07) is 6.30. The molecule has 0 saturated carbocycles. The van der Waals surface area contributed by atoms with Gasteiger partial charge in [-0.2, -0.15) is 0 Å². The highest BCUT2D eigenvalue weighted by Crippen LogP contribution is 2.27. The number of hydrogen-bond donors (Lipinski definition) is 0. The summed E-state index contributed by atoms with van der Waals surface area (Å²) in [6.45, 7) is 0. The number of aromatic nitrogens is 2. The summed E-state index contributed by atoms with van der Waals surface area (Å²) >= 11 is 1.39. The van der Waals surface area contributed by atoms with Crippen molar-refractivity contribution in [2.75, 3.05) is 0 Å². The number of carbonyl (C=O) groups excluding carboxylic acids is 1. The lowest BCUT2D eigenvalue weighted by atomic mass is 10.2. The van der Waals surface area contributed by atoms with E-state index in [1.165, 1.54) is 23.5 Å². The minimum atomic E-state index is -0.284. The molecule has 1 aromatic carbocycles. The molecule has 3 aromatic rings. The number of nitrogens with zero attached hydrogens (tertiary/aromatic N) is 2. The molecule has 0 radical (unpaired) electrons. The molecule has 0 fully saturated rings. The Hall–Kier alpha value is -2.01. The molecule has 19 heavy (non-hydrogen) atoms. The predicted molar refractivity (Wildman–Crippen MR) is 73.0 cm³/mol. The van der Waals surface area contributed by atoms with Gasteiger partial charge in [-0.05, 0) is 29.7 Å². The average Bonchev–Trinajstić information content (AvgIpc) is 2.96. The molecule has 0 amide bonds. The summed E-state index contributed by atoms with van der Waals surface area (Å²) in [5.41, 5.74) is 0. The van der Waals surface area contributed by atoms with Crippen molar-refractivity contribution < 1.29 is 9.18 Å². The first-order chi connectivity index (χ1) is 9.13. The summed E-state index contributed by atoms with van der Waals surface area (Å²) in [4.78, 5) is 17.0. The van der Waals surface area contributed by atoms with Gasteiger partial charge in [0, 0.05) is 24.1 Å². The minimum Gasteiger partial charge on any atom is -0.338 e. The number of benzene rings is 1. The van der Waals surface area contributed by atoms with Crippen LogP contribution < -0.4 is 0 Å². The molecule has 0 aliphatic rings. The van der Waals surface area contributed by atoms with E-state index in [0.717, 1.165) is 15.9 Å². The van der Waals surface area contributed by atoms with Gasteiger partial charge in [0.15, 0.2) is 5.78 Å². The molecular weight excluding hydrogens is 263 g/mol. The van der Waals surface area contributed by atoms with E-state index in [-0.39, 0.29) is 18.0 Å². The number of thiophene rings is 1. The van der Waals surface area contributed by atoms with Gasteiger partial charge in [0.2, 0.25) is 0 Å². The van der Waals surface area contributed by atoms with Gasteiger partial charge in [0.25, 0.3) is 0 Å². The van der Waals surface area contributed by atoms with Crippen LogP contribution in [0.1, 0.15) is 15.5 Å². The maximum atomic E-state index is 13.1. The summed E-state index contributed by atoms with van der Waals surface area (Å²) in [5.74, 6) is 0.456. The largest absolute Gasteiger partial charge is 0.338 e. The van der Waals surface area contributed by atoms with E-state index in [9.17, 15) is 9.18 Å². The molecule has 96 valence electrons. The first-order valence-corrected chi connectivity index (χ1v) is 6.63. The molecule has 0 aliphatic carbocycles. The summed E-state index contributed by atoms with van der Waals surface area (Å²) in [5, 5.41) is 0.771. The first kappa shape index (κ1) is 12.0. The van der Waals surface area contributed by atoms with E-state index >= 15 is 0 Å². The fourth-order valence-electron chi connectivity index (χ4n) is 1.95. The highest BCUT2D eigenvalue weighted by atomic mass is 32.1. The molecule has 0 aliphatic heterocycles. The smallest absolute Gasteiger partial charge is 0.180 e. The molecule has 0 N–H and O–H groups in total. The van der Waals surface area contributed by atoms with Gasteiger partial charge >= 0.3 is 0 Å². The van der Waals surface area contributed by atoms with Crippen molar-refractivity contribution in [1.29, 1.82) is 0 Å². The van der Waals surface area contributed by atoms with Gasteiger partial charge in [-0.15, -0.1) is 11.3 Å². The minimum absolute atomic E-state index is 0.0101. The van der Waals surface area contributed by atoms with Crippen LogP contribution in [0.3, 0.4) is 0 Å². The number of fused-ring (bicyclic) bond motifs is 1. The maximum absolute atomic E-state index is 13.1. The third kappa shape index (κ3) is 2.29. The molecule has 0 unspecified atom stereocenters. The third-order valence-electron chi connectivity index (χ3n) is 2.99. The van der Waals surface area contributed by atoms with Gasteiger partial charge < -0.3 is 4.57 Å². The number of rotatable bonds is 3. The Balaban J connectivity index is 1.91. The van der Waals surface area contributed by atoms with Crippen LogP contribution in [0.5, 0.6) is 0 Å². The lowest BCUT2D eigenvalue weighted by Gasteiger charge is -1.98. The molecule has 2 heterocycles. The zero-order valence-electron chi connectivity index (χ0n) is 10.3. The fraction of sp³-hybridized carbons (Fsp3) is 0.143. The highest BCUT2D eigenvalue weighted by Gasteiger charge is 2.13. The number of carbonyl (C=O) groups is 1. The van der Waals surface area contributed by atoms with Gasteiger partial charge in [0.05, 0.1) is 11.3 Å². The van der Waals surface area contributed by atoms with Gasteiger partial charge in [-0.1, -0.05) is 0 Å². The molecule has 2 aromatic heterocycles. The quantitative estimate of drug-likeness (QED) is 0.687. The molecule has 0 bridgehead atoms. The van der Waals surface area contributed by atoms with Crippen molar-refractivity contribution in [1.82, 2.24) is 9.55 Å². The summed E-state index contributed by atoms with van der Waals surface area (Å²) in [6.07, 6.45) is 3.74. The monoisotopic (exact) mass is 274 g/mol. The fourth-order valence-corrected chi connectivity index (χ4v) is 2.93. The zero-order chi connectivity index (χ0) is 13.4. The molecule has 0 atom stereocenters. The van der Waals surface area contributed by atoms with Crippen LogP contribution in [-0.2, 0) is 13.5 Å². The van der Waals surface area contributed by atoms with E-state index in [1.807, 2.05) is 17.8 Å². The van der Waals surface area contributed by atoms with E-state index in [0.29, 0.717) is 4.88 Å². The van der Waals surface area contributed by atoms with Crippen molar-refractivity contribution in [3.05, 3.63) is 53.2 Å². The maximum Gasteiger partial charge on any atom is 0.180 e. The van der Waals surface area contributed by atoms with E-state index in [4.69, 9.17) is 0 Å². The van der Waals surface area contributed by atoms with Crippen LogP contribution in [0.25, 0.3) is 10.1 Å². The summed E-state index contributed by atoms with van der Waals surface area (Å²) < 4.78 is 15.9. The van der Waals surface area contributed by atoms with E-state index in [2.05, 4.69) is 4.98 Å². The normalized spacial score (nSPS) is 11.1. The van der Waals surface area contributed by atoms with Crippen molar-refractivity contribution >= 4 is 27.2 Å². The Morgan fingerprint density at radius 3 is 3.00 bits per heavy atom. The van der Waals surface area contributed by atoms with Crippen LogP contribution in [0.15, 0.2) is 36.7 Å². The lowest BCUT2D eigenvalue weighted by molar-refractivity contribution is 0.0994. The Kier molecular flexibility index (Phi) is 2.91. The molecular formula is C14H11FN2OS. The van der Waals surface area contributed by atoms with Gasteiger partial charge in [-0.3, -0.25) is 4.79 Å². The van der Waals surface area contributed by atoms with Crippen molar-refractivity contribution in [3.8, 4) is 0 Å². The number of imidazole rings is 1. The lowest BCUT2D eigenvalue weighted by Crippen LogP contribution is -2.06.